The van der Waals surface area contributed by atoms with Crippen LogP contribution in [0, 0.1) is 0 Å². The minimum absolute atomic E-state index is 0.00880. The molecular formula is C55H66Cl3N5O5. The molecule has 362 valence electrons. The quantitative estimate of drug-likeness (QED) is 0.0601. The molecule has 2 heterocycles. The number of amides is 2. The van der Waals surface area contributed by atoms with Gasteiger partial charge in [-0.3, -0.25) is 14.3 Å². The summed E-state index contributed by atoms with van der Waals surface area (Å²) in [6.45, 7) is 7.02. The topological polar surface area (TPSA) is 123 Å². The lowest BCUT2D eigenvalue weighted by molar-refractivity contribution is -0.129. The van der Waals surface area contributed by atoms with Gasteiger partial charge in [-0.2, -0.15) is 5.10 Å². The fourth-order valence-electron chi connectivity index (χ4n) is 8.18. The van der Waals surface area contributed by atoms with Crippen LogP contribution in [0.1, 0.15) is 149 Å². The normalized spacial score (nSPS) is 17.6. The first-order chi connectivity index (χ1) is 32.9. The van der Waals surface area contributed by atoms with Crippen LogP contribution in [0.25, 0.3) is 11.3 Å². The fraction of sp³-hybridized carbons (Fsp3) is 0.418. The van der Waals surface area contributed by atoms with E-state index in [4.69, 9.17) is 44.1 Å². The summed E-state index contributed by atoms with van der Waals surface area (Å²) >= 11 is 19.9. The Balaban J connectivity index is 0.907. The number of benzene rings is 2. The third kappa shape index (κ3) is 14.7. The van der Waals surface area contributed by atoms with Crippen LogP contribution in [0.15, 0.2) is 120 Å². The molecule has 2 amide bonds. The number of hydrogen-bond donors (Lipinski definition) is 2. The standard InChI is InChI=1S/C55H66Cl3N5O5/c1-5-6-7-8-9-10-11-12-13-14-15-16-17-18-19-20-21-22-23-27-50(64)62(4)33-32-59-54(65)48-35-49(63(60-48)39(2)3)41-36-55(66,37-41)44-31-30-42(34-47(44)58)67-38-43-52(61-68-53(43)40-28-29-40)51-45(56)25-24-26-46(51)57/h6-7,9-10,12-13,15-16,18-19,21-22,24-26,30-31,34-35,39-41,66H,5,8,11,14,17,20,23,27-29,32-33,36-38H2,1-4H3,(H,59,65). The number of aromatic nitrogens is 3. The molecule has 68 heavy (non-hydrogen) atoms. The smallest absolute Gasteiger partial charge is 0.271 e. The van der Waals surface area contributed by atoms with E-state index in [1.165, 1.54) is 0 Å². The lowest BCUT2D eigenvalue weighted by Crippen LogP contribution is -2.41. The van der Waals surface area contributed by atoms with Crippen molar-refractivity contribution < 1.29 is 24.0 Å². The molecule has 2 N–H and O–H groups in total. The molecular weight excluding hydrogens is 917 g/mol. The third-order valence-corrected chi connectivity index (χ3v) is 13.1. The van der Waals surface area contributed by atoms with Gasteiger partial charge >= 0.3 is 0 Å². The van der Waals surface area contributed by atoms with Gasteiger partial charge in [0.2, 0.25) is 5.91 Å². The Morgan fingerprint density at radius 1 is 0.868 bits per heavy atom. The summed E-state index contributed by atoms with van der Waals surface area (Å²) < 4.78 is 13.9. The summed E-state index contributed by atoms with van der Waals surface area (Å²) in [5.41, 5.74) is 2.58. The van der Waals surface area contributed by atoms with Crippen molar-refractivity contribution in [1.29, 1.82) is 0 Å². The molecule has 10 nitrogen and oxygen atoms in total. The molecule has 0 saturated heterocycles. The zero-order valence-corrected chi connectivity index (χ0v) is 42.1. The number of nitrogens with one attached hydrogen (secondary N) is 1. The van der Waals surface area contributed by atoms with E-state index >= 15 is 0 Å². The maximum atomic E-state index is 13.3. The first-order valence-corrected chi connectivity index (χ1v) is 25.1. The predicted octanol–water partition coefficient (Wildman–Crippen LogP) is 14.0. The van der Waals surface area contributed by atoms with Crippen LogP contribution in [0.4, 0.5) is 0 Å². The van der Waals surface area contributed by atoms with Crippen LogP contribution < -0.4 is 10.1 Å². The Morgan fingerprint density at radius 3 is 2.04 bits per heavy atom. The lowest BCUT2D eigenvalue weighted by Gasteiger charge is -2.44. The molecule has 2 fully saturated rings. The number of aliphatic hydroxyl groups is 1. The number of carbonyl (C=O) groups is 2. The number of carbonyl (C=O) groups excluding carboxylic acids is 2. The number of likely N-dealkylation sites (N-methyl/N-ethyl adjacent to an activating group) is 1. The summed E-state index contributed by atoms with van der Waals surface area (Å²) in [5, 5.41) is 25.1. The molecule has 0 radical (unpaired) electrons. The van der Waals surface area contributed by atoms with Crippen molar-refractivity contribution in [1.82, 2.24) is 25.2 Å². The van der Waals surface area contributed by atoms with Gasteiger partial charge in [0.15, 0.2) is 0 Å². The Labute approximate surface area is 417 Å². The van der Waals surface area contributed by atoms with Crippen molar-refractivity contribution in [2.75, 3.05) is 20.1 Å². The van der Waals surface area contributed by atoms with Crippen LogP contribution in [-0.2, 0) is 17.0 Å². The summed E-state index contributed by atoms with van der Waals surface area (Å²) in [5.74, 6) is 1.25. The van der Waals surface area contributed by atoms with Crippen molar-refractivity contribution in [2.24, 2.45) is 0 Å². The molecule has 0 unspecified atom stereocenters. The van der Waals surface area contributed by atoms with Crippen molar-refractivity contribution in [2.45, 2.75) is 128 Å². The highest BCUT2D eigenvalue weighted by Crippen LogP contribution is 2.53. The molecule has 0 aliphatic heterocycles. The van der Waals surface area contributed by atoms with E-state index in [0.29, 0.717) is 82.1 Å². The SMILES string of the molecule is CCC=CCC=CCC=CCC=CCC=CCC=CCCC(=O)N(C)CCNC(=O)c1cc(C2CC(O)(c3ccc(OCc4c(-c5c(Cl)cccc5Cl)noc4C4CC4)cc3Cl)C2)n(C(C)C)n1. The molecule has 13 heteroatoms. The van der Waals surface area contributed by atoms with Gasteiger partial charge in [-0.15, -0.1) is 0 Å². The molecule has 2 aliphatic rings. The minimum atomic E-state index is -1.17. The zero-order valence-electron chi connectivity index (χ0n) is 39.8. The molecule has 2 aromatic carbocycles. The molecule has 2 saturated carbocycles. The highest BCUT2D eigenvalue weighted by atomic mass is 35.5. The van der Waals surface area contributed by atoms with Crippen LogP contribution in [0.3, 0.4) is 0 Å². The summed E-state index contributed by atoms with van der Waals surface area (Å²) in [6, 6.07) is 12.4. The van der Waals surface area contributed by atoms with E-state index in [1.54, 1.807) is 48.3 Å². The number of hydrogen-bond acceptors (Lipinski definition) is 7. The second-order valence-electron chi connectivity index (χ2n) is 17.8. The highest BCUT2D eigenvalue weighted by Gasteiger charge is 2.47. The van der Waals surface area contributed by atoms with E-state index in [2.05, 4.69) is 89.3 Å². The largest absolute Gasteiger partial charge is 0.489 e. The lowest BCUT2D eigenvalue weighted by atomic mass is 9.66. The van der Waals surface area contributed by atoms with Gasteiger partial charge in [-0.05, 0) is 115 Å². The van der Waals surface area contributed by atoms with Crippen LogP contribution >= 0.6 is 34.8 Å². The Hall–Kier alpha value is -5.13. The van der Waals surface area contributed by atoms with Crippen molar-refractivity contribution in [3.8, 4) is 17.0 Å². The molecule has 2 aromatic heterocycles. The third-order valence-electron chi connectivity index (χ3n) is 12.1. The zero-order chi connectivity index (χ0) is 48.5. The van der Waals surface area contributed by atoms with Gasteiger partial charge in [0.25, 0.3) is 5.91 Å². The summed E-state index contributed by atoms with van der Waals surface area (Å²) in [4.78, 5) is 27.7. The average Bonchev–Trinajstić information content (AvgIpc) is 3.91. The van der Waals surface area contributed by atoms with Gasteiger partial charge < -0.3 is 24.6 Å². The van der Waals surface area contributed by atoms with Crippen LogP contribution in [-0.4, -0.2) is 56.9 Å². The highest BCUT2D eigenvalue weighted by molar-refractivity contribution is 6.39. The van der Waals surface area contributed by atoms with E-state index in [-0.39, 0.29) is 36.3 Å². The van der Waals surface area contributed by atoms with Crippen molar-refractivity contribution in [3.63, 3.8) is 0 Å². The monoisotopic (exact) mass is 981 g/mol. The van der Waals surface area contributed by atoms with Gasteiger partial charge in [-0.25, -0.2) is 0 Å². The Bertz CT molecular complexity index is 2470. The van der Waals surface area contributed by atoms with Crippen LogP contribution in [0.5, 0.6) is 5.75 Å². The van der Waals surface area contributed by atoms with Crippen molar-refractivity contribution in [3.05, 3.63) is 159 Å². The van der Waals surface area contributed by atoms with E-state index < -0.39 is 5.60 Å². The van der Waals surface area contributed by atoms with E-state index in [9.17, 15) is 14.7 Å². The first kappa shape index (κ1) is 52.2. The van der Waals surface area contributed by atoms with E-state index in [0.717, 1.165) is 68.4 Å². The van der Waals surface area contributed by atoms with Gasteiger partial charge in [0.05, 0.1) is 26.2 Å². The van der Waals surface area contributed by atoms with Crippen molar-refractivity contribution >= 4 is 46.6 Å². The molecule has 2 aliphatic carbocycles. The maximum absolute atomic E-state index is 13.3. The van der Waals surface area contributed by atoms with Gasteiger partial charge in [0, 0.05) is 61.3 Å². The van der Waals surface area contributed by atoms with Gasteiger partial charge in [0.1, 0.15) is 29.5 Å². The number of ether oxygens (including phenoxy) is 1. The number of nitrogens with zero attached hydrogens (tertiary/aromatic N) is 4. The van der Waals surface area contributed by atoms with E-state index in [1.807, 2.05) is 30.7 Å². The predicted molar refractivity (Wildman–Crippen MR) is 276 cm³/mol. The Morgan fingerprint density at radius 2 is 1.47 bits per heavy atom. The molecule has 0 spiro atoms. The number of allylic oxidation sites excluding steroid dienone is 12. The van der Waals surface area contributed by atoms with Crippen LogP contribution in [0.2, 0.25) is 15.1 Å². The Kier molecular flexibility index (Phi) is 20.0. The fourth-order valence-corrected chi connectivity index (χ4v) is 9.10. The second-order valence-corrected chi connectivity index (χ2v) is 19.1. The summed E-state index contributed by atoms with van der Waals surface area (Å²) in [6.07, 6.45) is 35.6. The maximum Gasteiger partial charge on any atom is 0.271 e. The first-order valence-electron chi connectivity index (χ1n) is 24.0. The summed E-state index contributed by atoms with van der Waals surface area (Å²) in [7, 11) is 1.75. The minimum Gasteiger partial charge on any atom is -0.489 e. The molecule has 0 bridgehead atoms. The second kappa shape index (κ2) is 26.0. The molecule has 0 atom stereocenters. The molecule has 4 aromatic rings. The van der Waals surface area contributed by atoms with Gasteiger partial charge in [-0.1, -0.05) is 132 Å². The number of halogens is 3. The number of rotatable bonds is 26. The average molecular weight is 984 g/mol. The molecule has 6 rings (SSSR count).